The predicted molar refractivity (Wildman–Crippen MR) is 456 cm³/mol. The van der Waals surface area contributed by atoms with E-state index < -0.39 is 80.9 Å². The van der Waals surface area contributed by atoms with Crippen molar-refractivity contribution in [1.29, 1.82) is 0 Å². The highest BCUT2D eigenvalue weighted by molar-refractivity contribution is 7.91. The number of nitrogens with zero attached hydrogens (tertiary/aromatic N) is 8. The number of amides is 4. The maximum Gasteiger partial charge on any atom is 0.501 e. The number of hydrogen-bond acceptors (Lipinski definition) is 30. The molecule has 0 saturated carbocycles. The Bertz CT molecular complexity index is 5860. The van der Waals surface area contributed by atoms with Crippen molar-refractivity contribution in [2.24, 2.45) is 9.98 Å². The monoisotopic (exact) mass is 1800 g/mol. The van der Waals surface area contributed by atoms with Gasteiger partial charge in [-0.3, -0.25) is 34.0 Å². The molecule has 5 aliphatic heterocycles. The third-order valence-corrected chi connectivity index (χ3v) is 24.5. The molecule has 8 heterocycles. The van der Waals surface area contributed by atoms with Crippen LogP contribution >= 0.6 is 0 Å². The summed E-state index contributed by atoms with van der Waals surface area (Å²) in [5.41, 5.74) is 8.37. The second-order valence-corrected chi connectivity index (χ2v) is 35.0. The predicted octanol–water partition coefficient (Wildman–Crippen LogP) is 7.59. The van der Waals surface area contributed by atoms with Gasteiger partial charge in [-0.25, -0.2) is 13.1 Å². The Morgan fingerprint density at radius 3 is 1.78 bits per heavy atom. The van der Waals surface area contributed by atoms with Crippen LogP contribution in [0.25, 0.3) is 0 Å². The summed E-state index contributed by atoms with van der Waals surface area (Å²) in [7, 11) is -1.73. The molecule has 0 radical (unpaired) electrons. The smallest absolute Gasteiger partial charge is 0.493 e. The Morgan fingerprint density at radius 2 is 1.16 bits per heavy atom. The van der Waals surface area contributed by atoms with Gasteiger partial charge in [0.05, 0.1) is 152 Å². The number of sulfone groups is 1. The number of Topliss-reactive ketones (excluding diaryl/α,β-unsaturated/α-hetero) is 1. The number of benzene rings is 7. The minimum atomic E-state index is -5.11. The van der Waals surface area contributed by atoms with Gasteiger partial charge in [0.25, 0.3) is 23.6 Å². The van der Waals surface area contributed by atoms with Crippen molar-refractivity contribution >= 4 is 73.5 Å². The maximum atomic E-state index is 14.2. The molecule has 10 aromatic rings. The van der Waals surface area contributed by atoms with Crippen LogP contribution in [-0.2, 0) is 105 Å². The molecule has 5 aliphatic rings. The number of aliphatic imine (C=N–C) groups is 2. The third-order valence-electron chi connectivity index (χ3n) is 22.0. The summed E-state index contributed by atoms with van der Waals surface area (Å²) < 4.78 is 131. The zero-order valence-electron chi connectivity index (χ0n) is 70.4. The minimum Gasteiger partial charge on any atom is -0.493 e. The number of fused-ring (bicyclic) bond motifs is 6. The minimum absolute atomic E-state index is 0.0216. The van der Waals surface area contributed by atoms with Gasteiger partial charge >= 0.3 is 10.4 Å². The molecule has 15 rings (SSSR count). The lowest BCUT2D eigenvalue weighted by Gasteiger charge is -2.39. The van der Waals surface area contributed by atoms with E-state index in [1.54, 1.807) is 89.5 Å². The molecular formula is C90H95N10O26S2+. The number of methoxy groups -OCH3 is 2. The van der Waals surface area contributed by atoms with E-state index in [-0.39, 0.29) is 135 Å². The zero-order chi connectivity index (χ0) is 90.0. The molecule has 0 spiro atoms. The number of ether oxygens (including phenoxy) is 9. The number of aryl methyl sites for hydroxylation is 1. The van der Waals surface area contributed by atoms with Gasteiger partial charge in [0.2, 0.25) is 6.29 Å². The first kappa shape index (κ1) is 90.1. The average Bonchev–Trinajstić information content (AvgIpc) is 1.56. The number of carbonyl (C=O) groups excluding carboxylic acids is 5. The maximum absolute atomic E-state index is 14.2. The fourth-order valence-corrected chi connectivity index (χ4v) is 17.3. The van der Waals surface area contributed by atoms with E-state index in [4.69, 9.17) is 69.8 Å². The number of aliphatic hydroxyl groups is 4. The van der Waals surface area contributed by atoms with Crippen molar-refractivity contribution in [1.82, 2.24) is 35.4 Å². The normalized spacial score (nSPS) is 18.2. The second-order valence-electron chi connectivity index (χ2n) is 31.8. The van der Waals surface area contributed by atoms with Crippen LogP contribution in [0.2, 0.25) is 0 Å². The van der Waals surface area contributed by atoms with E-state index in [0.717, 1.165) is 62.6 Å². The van der Waals surface area contributed by atoms with Gasteiger partial charge < -0.3 is 105 Å². The number of aliphatic hydroxyl groups excluding tert-OH is 4. The molecule has 672 valence electrons. The fraction of sp³-hybridized carbons (Fsp3) is 0.344. The number of aromatic nitrogens is 3. The number of carbonyl (C=O) groups is 5. The first-order valence-corrected chi connectivity index (χ1v) is 44.0. The molecule has 1 unspecified atom stereocenters. The van der Waals surface area contributed by atoms with Crippen LogP contribution in [0.15, 0.2) is 188 Å². The quantitative estimate of drug-likeness (QED) is 0.00935. The van der Waals surface area contributed by atoms with E-state index >= 15 is 0 Å². The third kappa shape index (κ3) is 21.7. The number of ketones is 1. The van der Waals surface area contributed by atoms with E-state index in [0.29, 0.717) is 94.7 Å². The summed E-state index contributed by atoms with van der Waals surface area (Å²) in [6, 6.07) is 37.7. The van der Waals surface area contributed by atoms with Gasteiger partial charge in [-0.1, -0.05) is 35.0 Å². The van der Waals surface area contributed by atoms with Crippen LogP contribution in [0.5, 0.6) is 40.2 Å². The Labute approximate surface area is 735 Å². The Hall–Kier alpha value is -12.7. The fourth-order valence-electron chi connectivity index (χ4n) is 15.3. The molecule has 7 atom stereocenters. The number of rotatable bonds is 39. The average molecular weight is 1800 g/mol. The molecule has 1 saturated heterocycles. The molecule has 4 amide bonds. The standard InChI is InChI=1S/C90H94N10O26S2/c1-54-6-17-68(18-7-54)127(110,111)31-22-73(102)59-10-12-60(13-11-59)86(106)94-53-118-30-29-117-52-64-46-97(96-95-64)24-28-116-27-23-91-87(107)61-14-19-74(123-90-85(105)84(104)83(103)82(49-101)124-90)81(35-61)126-128(112,113)125-67-15-8-55(9-16-67)47-100(2,3)48-56-32-57(50-121-79-40-71-69(38-77(79)114-4)88(108)98-44-62-20-25-119-75(62)36-65(98)42-92-71)34-58(33-56)51-122-80-41-72-70(39-78(80)115-5)89(109)99-45-63-21-26-120-76(63)37-66(99)43-93-72/h6-21,25-26,32-35,38-43,46,65-66,82-85,90,101,103-105H,22-24,27-31,36-37,44-45,47-53H2,1-5H3,(H-,91,94,106,107)/p+1/t65-,66-,82+,83-,84-,85+,90?/m0/s1. The van der Waals surface area contributed by atoms with Gasteiger partial charge in [-0.05, 0) is 127 Å². The molecule has 6 N–H and O–H groups in total. The summed E-state index contributed by atoms with van der Waals surface area (Å²) in [6.45, 7) is 3.32. The number of quaternary nitrogens is 1. The van der Waals surface area contributed by atoms with Crippen molar-refractivity contribution in [2.45, 2.75) is 126 Å². The van der Waals surface area contributed by atoms with Crippen LogP contribution in [0, 0.1) is 6.92 Å². The molecule has 36 nitrogen and oxygen atoms in total. The van der Waals surface area contributed by atoms with Crippen molar-refractivity contribution in [3.8, 4) is 40.2 Å². The molecule has 0 aliphatic carbocycles. The Morgan fingerprint density at radius 1 is 0.578 bits per heavy atom. The summed E-state index contributed by atoms with van der Waals surface area (Å²) in [5.74, 6) is -0.575. The van der Waals surface area contributed by atoms with Crippen molar-refractivity contribution in [3.63, 3.8) is 0 Å². The molecule has 1 fully saturated rings. The van der Waals surface area contributed by atoms with Gasteiger partial charge in [0.15, 0.2) is 50.1 Å². The van der Waals surface area contributed by atoms with Crippen molar-refractivity contribution in [3.05, 3.63) is 248 Å². The highest BCUT2D eigenvalue weighted by atomic mass is 32.3. The van der Waals surface area contributed by atoms with E-state index in [2.05, 4.69) is 20.9 Å². The van der Waals surface area contributed by atoms with E-state index in [9.17, 15) is 61.2 Å². The zero-order valence-corrected chi connectivity index (χ0v) is 72.0. The van der Waals surface area contributed by atoms with Crippen LogP contribution in [0.3, 0.4) is 0 Å². The Balaban J connectivity index is 0.549. The molecule has 128 heavy (non-hydrogen) atoms. The van der Waals surface area contributed by atoms with Gasteiger partial charge in [0.1, 0.15) is 80.4 Å². The molecule has 0 bridgehead atoms. The lowest BCUT2D eigenvalue weighted by Crippen LogP contribution is -2.60. The topological polar surface area (TPSA) is 448 Å². The molecule has 3 aromatic heterocycles. The SMILES string of the molecule is COc1cc2c(cc1OCc1cc(COc3cc4c(cc3OC)C(=O)N3Cc5ccoc5C[C@H]3C=N4)cc(C[N+](C)(C)Cc3ccc(OS(=O)(=O)Oc4cc(C(=O)NCCOCCn5cc(COCCOCNC(=O)c6ccc(C(=O)CCS(=O)(=O)c7ccc(C)cc7)cc6)nn5)ccc4OC4O[C@H](CO)[C@H](O)[C@H](O)[C@H]4O)cc3)c1)N=C[C@@H]1Cc3occc3CN1C2=O. The summed E-state index contributed by atoms with van der Waals surface area (Å²) in [6.07, 6.45) is 0.382. The first-order chi connectivity index (χ1) is 61.6. The molecule has 7 aromatic carbocycles. The largest absolute Gasteiger partial charge is 0.501 e. The number of furan rings is 2. The van der Waals surface area contributed by atoms with Gasteiger partial charge in [-0.15, -0.1) is 13.5 Å². The molecule has 38 heteroatoms. The second kappa shape index (κ2) is 39.7. The molecular weight excluding hydrogens is 1700 g/mol. The van der Waals surface area contributed by atoms with Crippen LogP contribution < -0.4 is 42.7 Å². The summed E-state index contributed by atoms with van der Waals surface area (Å²) in [5, 5.41) is 55.4. The summed E-state index contributed by atoms with van der Waals surface area (Å²) in [4.78, 5) is 80.9. The van der Waals surface area contributed by atoms with Crippen LogP contribution in [0.1, 0.15) is 114 Å². The van der Waals surface area contributed by atoms with Crippen molar-refractivity contribution < 1.29 is 126 Å². The number of nitrogens with one attached hydrogen (secondary N) is 2. The van der Waals surface area contributed by atoms with Gasteiger partial charge in [-0.2, -0.15) is 0 Å². The lowest BCUT2D eigenvalue weighted by atomic mass is 9.99. The van der Waals surface area contributed by atoms with E-state index in [1.165, 1.54) is 73.5 Å². The highest BCUT2D eigenvalue weighted by Crippen LogP contribution is 2.43. The van der Waals surface area contributed by atoms with E-state index in [1.807, 2.05) is 51.4 Å². The Kier molecular flexibility index (Phi) is 27.9. The van der Waals surface area contributed by atoms with Gasteiger partial charge in [0, 0.05) is 89.3 Å². The van der Waals surface area contributed by atoms with Crippen molar-refractivity contribution in [2.75, 3.05) is 80.4 Å². The lowest BCUT2D eigenvalue weighted by molar-refractivity contribution is -0.916. The van der Waals surface area contributed by atoms with Crippen LogP contribution in [0.4, 0.5) is 11.4 Å². The summed E-state index contributed by atoms with van der Waals surface area (Å²) >= 11 is 0. The highest BCUT2D eigenvalue weighted by Gasteiger charge is 2.46. The van der Waals surface area contributed by atoms with Crippen LogP contribution in [-0.4, -0.2) is 232 Å². The number of hydrogen-bond donors (Lipinski definition) is 6. The first-order valence-electron chi connectivity index (χ1n) is 41.0.